The fraction of sp³-hybridized carbons (Fsp3) is 0.0323. The minimum atomic E-state index is -1.58. The van der Waals surface area contributed by atoms with Gasteiger partial charge in [-0.15, -0.1) is 0 Å². The quantitative estimate of drug-likeness (QED) is 0.325. The van der Waals surface area contributed by atoms with Crippen LogP contribution in [0.5, 0.6) is 11.5 Å². The summed E-state index contributed by atoms with van der Waals surface area (Å²) in [5.74, 6) is 1.52. The van der Waals surface area contributed by atoms with Crippen LogP contribution in [0.3, 0.4) is 0 Å². The van der Waals surface area contributed by atoms with Gasteiger partial charge in [-0.1, -0.05) is 84.9 Å². The highest BCUT2D eigenvalue weighted by atomic mass is 16.5. The van der Waals surface area contributed by atoms with E-state index >= 15 is 0 Å². The number of rotatable bonds is 1. The summed E-state index contributed by atoms with van der Waals surface area (Å²) >= 11 is 0. The van der Waals surface area contributed by atoms with Crippen molar-refractivity contribution in [1.29, 1.82) is 0 Å². The van der Waals surface area contributed by atoms with E-state index in [1.165, 1.54) is 16.3 Å². The first-order valence-electron chi connectivity index (χ1n) is 12.1. The molecule has 1 spiro atoms. The second kappa shape index (κ2) is 6.88. The summed E-state index contributed by atoms with van der Waals surface area (Å²) in [6.45, 7) is 0. The summed E-state index contributed by atoms with van der Waals surface area (Å²) in [4.78, 5) is 0. The smallest absolute Gasteiger partial charge is 0.457 e. The van der Waals surface area contributed by atoms with Crippen LogP contribution in [0.15, 0.2) is 109 Å². The fourth-order valence-electron chi connectivity index (χ4n) is 6.50. The van der Waals surface area contributed by atoms with Gasteiger partial charge >= 0.3 is 7.12 Å². The summed E-state index contributed by atoms with van der Waals surface area (Å²) < 4.78 is 8.81. The second-order valence-corrected chi connectivity index (χ2v) is 9.55. The highest BCUT2D eigenvalue weighted by Crippen LogP contribution is 2.59. The van der Waals surface area contributed by atoms with E-state index < -0.39 is 12.5 Å². The molecule has 5 heteroatoms. The lowest BCUT2D eigenvalue weighted by molar-refractivity contribution is 0.423. The van der Waals surface area contributed by atoms with Crippen LogP contribution in [-0.2, 0) is 5.41 Å². The van der Waals surface area contributed by atoms with E-state index in [0.29, 0.717) is 5.46 Å². The van der Waals surface area contributed by atoms with Gasteiger partial charge in [0.15, 0.2) is 0 Å². The zero-order chi connectivity index (χ0) is 24.0. The molecule has 4 nitrogen and oxygen atoms in total. The van der Waals surface area contributed by atoms with Gasteiger partial charge in [0.1, 0.15) is 11.5 Å². The Morgan fingerprint density at radius 1 is 0.611 bits per heavy atom. The van der Waals surface area contributed by atoms with Gasteiger partial charge in [0.2, 0.25) is 0 Å². The third kappa shape index (κ3) is 2.27. The number of benzene rings is 5. The third-order valence-corrected chi connectivity index (χ3v) is 7.86. The molecule has 0 saturated heterocycles. The van der Waals surface area contributed by atoms with Crippen molar-refractivity contribution in [3.8, 4) is 17.2 Å². The van der Waals surface area contributed by atoms with E-state index in [1.54, 1.807) is 6.07 Å². The summed E-state index contributed by atoms with van der Waals surface area (Å²) in [7, 11) is -1.58. The van der Waals surface area contributed by atoms with Crippen LogP contribution >= 0.6 is 0 Å². The maximum atomic E-state index is 10.1. The van der Waals surface area contributed by atoms with E-state index in [0.717, 1.165) is 45.0 Å². The van der Waals surface area contributed by atoms with E-state index in [9.17, 15) is 10.0 Å². The molecule has 36 heavy (non-hydrogen) atoms. The zero-order valence-corrected chi connectivity index (χ0v) is 19.2. The van der Waals surface area contributed by atoms with E-state index in [-0.39, 0.29) is 0 Å². The topological polar surface area (TPSA) is 54.6 Å². The Labute approximate surface area is 207 Å². The molecule has 170 valence electrons. The highest BCUT2D eigenvalue weighted by Gasteiger charge is 2.50. The molecule has 6 aromatic rings. The van der Waals surface area contributed by atoms with Crippen molar-refractivity contribution in [3.05, 3.63) is 131 Å². The number of aromatic nitrogens is 1. The number of hydrogen-bond donors (Lipinski definition) is 2. The van der Waals surface area contributed by atoms with Crippen LogP contribution in [0.4, 0.5) is 0 Å². The van der Waals surface area contributed by atoms with Crippen LogP contribution in [0.1, 0.15) is 22.3 Å². The normalized spacial score (nSPS) is 16.9. The van der Waals surface area contributed by atoms with Gasteiger partial charge in [-0.25, -0.2) is 0 Å². The molecule has 0 radical (unpaired) electrons. The highest BCUT2D eigenvalue weighted by molar-refractivity contribution is 6.58. The fourth-order valence-corrected chi connectivity index (χ4v) is 6.50. The minimum Gasteiger partial charge on any atom is -0.457 e. The molecule has 2 aliphatic rings. The van der Waals surface area contributed by atoms with Crippen LogP contribution in [0.25, 0.3) is 27.5 Å². The van der Waals surface area contributed by atoms with Crippen molar-refractivity contribution >= 4 is 34.4 Å². The Balaban J connectivity index is 1.66. The molecule has 0 bridgehead atoms. The summed E-state index contributed by atoms with van der Waals surface area (Å²) in [5, 5.41) is 22.6. The van der Waals surface area contributed by atoms with E-state index in [1.807, 2.05) is 30.3 Å². The monoisotopic (exact) mass is 465 g/mol. The van der Waals surface area contributed by atoms with E-state index in [4.69, 9.17) is 4.74 Å². The third-order valence-electron chi connectivity index (χ3n) is 7.86. The average molecular weight is 465 g/mol. The van der Waals surface area contributed by atoms with Crippen molar-refractivity contribution in [2.24, 2.45) is 0 Å². The van der Waals surface area contributed by atoms with Crippen molar-refractivity contribution < 1.29 is 14.8 Å². The van der Waals surface area contributed by atoms with Crippen LogP contribution in [-0.4, -0.2) is 21.7 Å². The van der Waals surface area contributed by atoms with Gasteiger partial charge in [-0.3, -0.25) is 0 Å². The van der Waals surface area contributed by atoms with Crippen molar-refractivity contribution in [1.82, 2.24) is 4.57 Å². The standard InChI is InChI=1S/C31H20BNO3/c34-32(35)19-16-17-29-25(18-19)31(23-11-3-6-15-28(23)36-29)22-10-2-5-14-27(22)33-26-13-4-1-8-20(26)21-9-7-12-24(31)30(21)33/h1-18,34-35H. The van der Waals surface area contributed by atoms with E-state index in [2.05, 4.69) is 77.4 Å². The van der Waals surface area contributed by atoms with Gasteiger partial charge in [0.25, 0.3) is 0 Å². The van der Waals surface area contributed by atoms with Gasteiger partial charge in [-0.2, -0.15) is 0 Å². The maximum Gasteiger partial charge on any atom is 0.488 e. The second-order valence-electron chi connectivity index (χ2n) is 9.55. The van der Waals surface area contributed by atoms with Crippen LogP contribution in [0.2, 0.25) is 0 Å². The number of nitrogens with zero attached hydrogens (tertiary/aromatic N) is 1. The number of ether oxygens (including phenoxy) is 1. The number of para-hydroxylation sites is 4. The van der Waals surface area contributed by atoms with Crippen LogP contribution in [0, 0.1) is 0 Å². The summed E-state index contributed by atoms with van der Waals surface area (Å²) in [5.41, 5.74) is 7.41. The molecule has 5 aromatic carbocycles. The Morgan fingerprint density at radius 2 is 1.31 bits per heavy atom. The van der Waals surface area contributed by atoms with Gasteiger partial charge in [-0.05, 0) is 40.9 Å². The molecule has 1 aromatic heterocycles. The molecular weight excluding hydrogens is 445 g/mol. The summed E-state index contributed by atoms with van der Waals surface area (Å²) in [6.07, 6.45) is 0. The molecule has 0 aliphatic carbocycles. The molecule has 3 heterocycles. The van der Waals surface area contributed by atoms with Crippen molar-refractivity contribution in [2.45, 2.75) is 5.41 Å². The first-order chi connectivity index (χ1) is 17.7. The lowest BCUT2D eigenvalue weighted by atomic mass is 9.61. The SMILES string of the molecule is OB(O)c1ccc2c(c1)C1(c3ccccc3O2)c2ccccc2-n2c3ccccc3c3cccc1c32. The number of hydrogen-bond acceptors (Lipinski definition) is 3. The predicted octanol–water partition coefficient (Wildman–Crippen LogP) is 5.27. The first kappa shape index (κ1) is 19.9. The molecular formula is C31H20BNO3. The molecule has 0 fully saturated rings. The van der Waals surface area contributed by atoms with Gasteiger partial charge < -0.3 is 19.4 Å². The maximum absolute atomic E-state index is 10.1. The Bertz CT molecular complexity index is 1870. The minimum absolute atomic E-state index is 0.437. The van der Waals surface area contributed by atoms with Crippen molar-refractivity contribution in [3.63, 3.8) is 0 Å². The lowest BCUT2D eigenvalue weighted by Crippen LogP contribution is -2.40. The lowest BCUT2D eigenvalue weighted by Gasteiger charge is -2.45. The van der Waals surface area contributed by atoms with Gasteiger partial charge in [0.05, 0.1) is 22.1 Å². The molecule has 8 rings (SSSR count). The molecule has 0 amide bonds. The average Bonchev–Trinajstić information content (AvgIpc) is 3.26. The Hall–Kier alpha value is -4.32. The molecule has 0 saturated carbocycles. The number of fused-ring (bicyclic) bond motifs is 11. The largest absolute Gasteiger partial charge is 0.488 e. The zero-order valence-electron chi connectivity index (χ0n) is 19.2. The van der Waals surface area contributed by atoms with Crippen LogP contribution < -0.4 is 10.2 Å². The molecule has 2 aliphatic heterocycles. The predicted molar refractivity (Wildman–Crippen MR) is 143 cm³/mol. The molecule has 1 atom stereocenters. The first-order valence-corrected chi connectivity index (χ1v) is 12.1. The molecule has 1 unspecified atom stereocenters. The van der Waals surface area contributed by atoms with Crippen molar-refractivity contribution in [2.75, 3.05) is 0 Å². The summed E-state index contributed by atoms with van der Waals surface area (Å²) in [6, 6.07) is 37.3. The van der Waals surface area contributed by atoms with Gasteiger partial charge in [0, 0.05) is 21.9 Å². The Morgan fingerprint density at radius 3 is 2.19 bits per heavy atom. The Kier molecular flexibility index (Phi) is 3.81. The molecule has 2 N–H and O–H groups in total.